The first-order valence-electron chi connectivity index (χ1n) is 6.26. The van der Waals surface area contributed by atoms with Crippen LogP contribution in [0.25, 0.3) is 0 Å². The fraction of sp³-hybridized carbons (Fsp3) is 0. The molecule has 0 radical (unpaired) electrons. The van der Waals surface area contributed by atoms with Crippen LogP contribution in [-0.2, 0) is 0 Å². The molecule has 106 valence electrons. The number of hydrogen-bond donors (Lipinski definition) is 2. The van der Waals surface area contributed by atoms with Gasteiger partial charge in [-0.05, 0) is 42.5 Å². The van der Waals surface area contributed by atoms with Crippen LogP contribution in [0.3, 0.4) is 0 Å². The van der Waals surface area contributed by atoms with Crippen molar-refractivity contribution in [3.63, 3.8) is 0 Å². The minimum Gasteiger partial charge on any atom is -0.366 e. The number of hydrogen-bond acceptors (Lipinski definition) is 3. The van der Waals surface area contributed by atoms with Crippen LogP contribution in [0.2, 0.25) is 0 Å². The number of amides is 2. The standard InChI is InChI=1S/C17H11N3O2/c1-2-11-7-12(10-18)9-15(8-11)20-17(22)14-5-3-13(4-6-14)16(19)21/h1,3-9H,(H2,19,21)(H,20,22). The van der Waals surface area contributed by atoms with Crippen molar-refractivity contribution in [2.24, 2.45) is 5.73 Å². The number of carbonyl (C=O) groups excluding carboxylic acids is 2. The Morgan fingerprint density at radius 1 is 1.05 bits per heavy atom. The molecule has 0 spiro atoms. The summed E-state index contributed by atoms with van der Waals surface area (Å²) in [6.07, 6.45) is 5.31. The summed E-state index contributed by atoms with van der Waals surface area (Å²) in [5.74, 6) is 1.48. The first-order chi connectivity index (χ1) is 10.5. The lowest BCUT2D eigenvalue weighted by molar-refractivity contribution is 0.0995. The Balaban J connectivity index is 2.24. The zero-order valence-electron chi connectivity index (χ0n) is 11.5. The van der Waals surface area contributed by atoms with E-state index in [1.165, 1.54) is 30.3 Å². The Morgan fingerprint density at radius 3 is 2.18 bits per heavy atom. The van der Waals surface area contributed by atoms with Crippen molar-refractivity contribution in [2.45, 2.75) is 0 Å². The van der Waals surface area contributed by atoms with Gasteiger partial charge in [-0.1, -0.05) is 5.92 Å². The SMILES string of the molecule is C#Cc1cc(C#N)cc(NC(=O)c2ccc(C(N)=O)cc2)c1. The van der Waals surface area contributed by atoms with Crippen LogP contribution in [0.4, 0.5) is 5.69 Å². The van der Waals surface area contributed by atoms with E-state index in [0.29, 0.717) is 27.9 Å². The second kappa shape index (κ2) is 6.25. The lowest BCUT2D eigenvalue weighted by Gasteiger charge is -2.07. The van der Waals surface area contributed by atoms with Gasteiger partial charge in [-0.3, -0.25) is 9.59 Å². The van der Waals surface area contributed by atoms with E-state index in [-0.39, 0.29) is 5.91 Å². The molecule has 0 aliphatic heterocycles. The number of rotatable bonds is 3. The molecule has 0 saturated heterocycles. The highest BCUT2D eigenvalue weighted by molar-refractivity contribution is 6.05. The molecule has 2 aromatic carbocycles. The minimum absolute atomic E-state index is 0.317. The highest BCUT2D eigenvalue weighted by atomic mass is 16.2. The van der Waals surface area contributed by atoms with Crippen LogP contribution in [-0.4, -0.2) is 11.8 Å². The van der Waals surface area contributed by atoms with E-state index < -0.39 is 5.91 Å². The van der Waals surface area contributed by atoms with E-state index >= 15 is 0 Å². The van der Waals surface area contributed by atoms with Gasteiger partial charge in [0, 0.05) is 22.4 Å². The molecule has 0 aliphatic rings. The van der Waals surface area contributed by atoms with Crippen LogP contribution in [0.15, 0.2) is 42.5 Å². The summed E-state index contributed by atoms with van der Waals surface area (Å²) in [5, 5.41) is 11.6. The van der Waals surface area contributed by atoms with E-state index in [9.17, 15) is 9.59 Å². The van der Waals surface area contributed by atoms with Crippen LogP contribution < -0.4 is 11.1 Å². The molecule has 0 aliphatic carbocycles. The molecule has 5 nitrogen and oxygen atoms in total. The molecule has 0 unspecified atom stereocenters. The maximum atomic E-state index is 12.1. The topological polar surface area (TPSA) is 96.0 Å². The molecule has 2 rings (SSSR count). The van der Waals surface area contributed by atoms with Gasteiger partial charge in [-0.2, -0.15) is 5.26 Å². The Labute approximate surface area is 127 Å². The third-order valence-electron chi connectivity index (χ3n) is 2.92. The summed E-state index contributed by atoms with van der Waals surface area (Å²) in [6, 6.07) is 12.6. The number of benzene rings is 2. The average Bonchev–Trinajstić information content (AvgIpc) is 2.54. The van der Waals surface area contributed by atoms with E-state index in [2.05, 4.69) is 11.2 Å². The summed E-state index contributed by atoms with van der Waals surface area (Å²) in [5.41, 5.74) is 7.09. The van der Waals surface area contributed by atoms with E-state index in [1.54, 1.807) is 12.1 Å². The van der Waals surface area contributed by atoms with Gasteiger partial charge in [-0.25, -0.2) is 0 Å². The van der Waals surface area contributed by atoms with Crippen molar-refractivity contribution < 1.29 is 9.59 Å². The number of nitrogens with two attached hydrogens (primary N) is 1. The largest absolute Gasteiger partial charge is 0.366 e. The molecule has 0 atom stereocenters. The van der Waals surface area contributed by atoms with Gasteiger partial charge in [0.25, 0.3) is 5.91 Å². The summed E-state index contributed by atoms with van der Waals surface area (Å²) >= 11 is 0. The fourth-order valence-corrected chi connectivity index (χ4v) is 1.84. The molecule has 3 N–H and O–H groups in total. The molecule has 0 bridgehead atoms. The molecule has 2 amide bonds. The van der Waals surface area contributed by atoms with Gasteiger partial charge in [-0.15, -0.1) is 6.42 Å². The number of nitriles is 1. The molecule has 0 fully saturated rings. The van der Waals surface area contributed by atoms with Crippen molar-refractivity contribution in [3.8, 4) is 18.4 Å². The molecular formula is C17H11N3O2. The molecule has 0 saturated carbocycles. The maximum absolute atomic E-state index is 12.1. The van der Waals surface area contributed by atoms with Crippen molar-refractivity contribution in [2.75, 3.05) is 5.32 Å². The maximum Gasteiger partial charge on any atom is 0.255 e. The van der Waals surface area contributed by atoms with Gasteiger partial charge in [0.05, 0.1) is 11.6 Å². The number of primary amides is 1. The normalized spacial score (nSPS) is 9.36. The smallest absolute Gasteiger partial charge is 0.255 e. The first kappa shape index (κ1) is 14.8. The first-order valence-corrected chi connectivity index (χ1v) is 6.26. The van der Waals surface area contributed by atoms with E-state index in [4.69, 9.17) is 17.4 Å². The molecular weight excluding hydrogens is 278 g/mol. The van der Waals surface area contributed by atoms with Crippen LogP contribution in [0, 0.1) is 23.7 Å². The number of carbonyl (C=O) groups is 2. The zero-order chi connectivity index (χ0) is 16.1. The molecule has 0 heterocycles. The summed E-state index contributed by atoms with van der Waals surface area (Å²) in [7, 11) is 0. The molecule has 5 heteroatoms. The third kappa shape index (κ3) is 3.30. The van der Waals surface area contributed by atoms with Crippen LogP contribution >= 0.6 is 0 Å². The number of nitrogens with one attached hydrogen (secondary N) is 1. The van der Waals surface area contributed by atoms with Gasteiger partial charge < -0.3 is 11.1 Å². The minimum atomic E-state index is -0.563. The average molecular weight is 289 g/mol. The Morgan fingerprint density at radius 2 is 1.64 bits per heavy atom. The van der Waals surface area contributed by atoms with Gasteiger partial charge in [0.2, 0.25) is 5.91 Å². The van der Waals surface area contributed by atoms with E-state index in [1.807, 2.05) is 6.07 Å². The van der Waals surface area contributed by atoms with Crippen LogP contribution in [0.5, 0.6) is 0 Å². The third-order valence-corrected chi connectivity index (χ3v) is 2.92. The van der Waals surface area contributed by atoms with Gasteiger partial charge >= 0.3 is 0 Å². The van der Waals surface area contributed by atoms with E-state index in [0.717, 1.165) is 0 Å². The molecule has 0 aromatic heterocycles. The zero-order valence-corrected chi connectivity index (χ0v) is 11.5. The predicted octanol–water partition coefficient (Wildman–Crippen LogP) is 1.89. The number of nitrogens with zero attached hydrogens (tertiary/aromatic N) is 1. The quantitative estimate of drug-likeness (QED) is 0.844. The highest BCUT2D eigenvalue weighted by Gasteiger charge is 2.08. The molecule has 2 aromatic rings. The lowest BCUT2D eigenvalue weighted by Crippen LogP contribution is -2.14. The monoisotopic (exact) mass is 289 g/mol. The van der Waals surface area contributed by atoms with Crippen molar-refractivity contribution in [1.29, 1.82) is 5.26 Å². The Kier molecular flexibility index (Phi) is 4.22. The lowest BCUT2D eigenvalue weighted by atomic mass is 10.1. The highest BCUT2D eigenvalue weighted by Crippen LogP contribution is 2.15. The Bertz CT molecular complexity index is 792. The predicted molar refractivity (Wildman–Crippen MR) is 82.0 cm³/mol. The van der Waals surface area contributed by atoms with Gasteiger partial charge in [0.15, 0.2) is 0 Å². The Hall–Kier alpha value is -3.57. The summed E-state index contributed by atoms with van der Waals surface area (Å²) in [4.78, 5) is 23.1. The number of anilines is 1. The summed E-state index contributed by atoms with van der Waals surface area (Å²) < 4.78 is 0. The summed E-state index contributed by atoms with van der Waals surface area (Å²) in [6.45, 7) is 0. The van der Waals surface area contributed by atoms with Crippen molar-refractivity contribution in [3.05, 3.63) is 64.7 Å². The second-order valence-electron chi connectivity index (χ2n) is 4.45. The van der Waals surface area contributed by atoms with Crippen molar-refractivity contribution >= 4 is 17.5 Å². The number of terminal acetylenes is 1. The van der Waals surface area contributed by atoms with Gasteiger partial charge in [0.1, 0.15) is 0 Å². The van der Waals surface area contributed by atoms with Crippen molar-refractivity contribution in [1.82, 2.24) is 0 Å². The van der Waals surface area contributed by atoms with Crippen LogP contribution in [0.1, 0.15) is 31.8 Å². The molecule has 22 heavy (non-hydrogen) atoms. The fourth-order valence-electron chi connectivity index (χ4n) is 1.84. The second-order valence-corrected chi connectivity index (χ2v) is 4.45.